The number of rotatable bonds is 3. The Bertz CT molecular complexity index is 713. The van der Waals surface area contributed by atoms with Crippen molar-refractivity contribution >= 4 is 5.65 Å². The molecule has 0 atom stereocenters. The van der Waals surface area contributed by atoms with Crippen LogP contribution in [0.5, 0.6) is 0 Å². The number of alkyl halides is 5. The quantitative estimate of drug-likeness (QED) is 0.786. The van der Waals surface area contributed by atoms with E-state index in [0.717, 1.165) is 18.9 Å². The predicted molar refractivity (Wildman–Crippen MR) is 69.0 cm³/mol. The van der Waals surface area contributed by atoms with Crippen LogP contribution in [0.15, 0.2) is 12.3 Å². The molecule has 0 spiro atoms. The molecule has 1 fully saturated rings. The summed E-state index contributed by atoms with van der Waals surface area (Å²) in [5.41, 5.74) is -0.564. The third-order valence-corrected chi connectivity index (χ3v) is 3.71. The van der Waals surface area contributed by atoms with E-state index in [9.17, 15) is 22.0 Å². The Hall–Kier alpha value is -1.73. The number of hydrogen-bond acceptors (Lipinski definition) is 2. The summed E-state index contributed by atoms with van der Waals surface area (Å²) < 4.78 is 66.5. The first kappa shape index (κ1) is 15.2. The van der Waals surface area contributed by atoms with Gasteiger partial charge in [0.05, 0.1) is 5.69 Å². The lowest BCUT2D eigenvalue weighted by atomic mass is 10.2. The predicted octanol–water partition coefficient (Wildman–Crippen LogP) is 4.38. The molecule has 22 heavy (non-hydrogen) atoms. The Balaban J connectivity index is 2.21. The highest BCUT2D eigenvalue weighted by molar-refractivity contribution is 5.45. The fourth-order valence-corrected chi connectivity index (χ4v) is 2.24. The topological polar surface area (TPSA) is 30.2 Å². The Morgan fingerprint density at radius 1 is 1.14 bits per heavy atom. The van der Waals surface area contributed by atoms with Crippen molar-refractivity contribution in [3.63, 3.8) is 0 Å². The number of halogens is 5. The van der Waals surface area contributed by atoms with Gasteiger partial charge in [0.1, 0.15) is 17.2 Å². The molecule has 1 aliphatic carbocycles. The third kappa shape index (κ3) is 2.34. The van der Waals surface area contributed by atoms with Crippen molar-refractivity contribution in [3.05, 3.63) is 29.5 Å². The fourth-order valence-electron chi connectivity index (χ4n) is 2.24. The van der Waals surface area contributed by atoms with E-state index < -0.39 is 17.8 Å². The van der Waals surface area contributed by atoms with Crippen LogP contribution in [0, 0.1) is 0 Å². The lowest BCUT2D eigenvalue weighted by Gasteiger charge is -2.19. The molecule has 1 aliphatic rings. The van der Waals surface area contributed by atoms with E-state index >= 15 is 0 Å². The zero-order chi connectivity index (χ0) is 16.3. The Morgan fingerprint density at radius 2 is 1.77 bits per heavy atom. The maximum Gasteiger partial charge on any atom is 0.459 e. The average Bonchev–Trinajstić information content (AvgIpc) is 3.14. The molecule has 3 nitrogen and oxygen atoms in total. The molecular formula is C14H14F5N3. The van der Waals surface area contributed by atoms with Crippen molar-refractivity contribution in [1.82, 2.24) is 14.4 Å². The molecular weight excluding hydrogens is 305 g/mol. The lowest BCUT2D eigenvalue weighted by Crippen LogP contribution is -2.35. The molecule has 0 unspecified atom stereocenters. The summed E-state index contributed by atoms with van der Waals surface area (Å²) in [5.74, 6) is -4.79. The van der Waals surface area contributed by atoms with E-state index in [1.807, 2.05) is 13.8 Å². The number of hydrogen-bond donors (Lipinski definition) is 0. The van der Waals surface area contributed by atoms with Gasteiger partial charge in [0.2, 0.25) is 0 Å². The molecule has 120 valence electrons. The van der Waals surface area contributed by atoms with Crippen LogP contribution in [0.25, 0.3) is 5.65 Å². The van der Waals surface area contributed by atoms with Gasteiger partial charge < -0.3 is 0 Å². The molecule has 0 saturated heterocycles. The van der Waals surface area contributed by atoms with Crippen molar-refractivity contribution in [1.29, 1.82) is 0 Å². The maximum absolute atomic E-state index is 13.6. The van der Waals surface area contributed by atoms with Crippen LogP contribution in [0.4, 0.5) is 22.0 Å². The number of nitrogens with zero attached hydrogens (tertiary/aromatic N) is 3. The maximum atomic E-state index is 13.6. The van der Waals surface area contributed by atoms with Gasteiger partial charge in [0.25, 0.3) is 0 Å². The van der Waals surface area contributed by atoms with Crippen molar-refractivity contribution in [2.45, 2.75) is 50.6 Å². The molecule has 0 amide bonds. The van der Waals surface area contributed by atoms with Crippen LogP contribution in [0.3, 0.4) is 0 Å². The van der Waals surface area contributed by atoms with Gasteiger partial charge in [-0.25, -0.2) is 9.97 Å². The lowest BCUT2D eigenvalue weighted by molar-refractivity contribution is -0.291. The second-order valence-corrected chi connectivity index (χ2v) is 5.89. The van der Waals surface area contributed by atoms with Crippen LogP contribution in [0.2, 0.25) is 0 Å². The molecule has 0 bridgehead atoms. The highest BCUT2D eigenvalue weighted by Crippen LogP contribution is 2.45. The average molecular weight is 319 g/mol. The number of fused-ring (bicyclic) bond motifs is 1. The van der Waals surface area contributed by atoms with Gasteiger partial charge in [-0.05, 0) is 18.8 Å². The van der Waals surface area contributed by atoms with Gasteiger partial charge in [-0.2, -0.15) is 22.0 Å². The van der Waals surface area contributed by atoms with Gasteiger partial charge in [0.15, 0.2) is 0 Å². The van der Waals surface area contributed by atoms with Crippen LogP contribution in [0.1, 0.15) is 55.7 Å². The molecule has 8 heteroatoms. The fraction of sp³-hybridized carbons (Fsp3) is 0.571. The van der Waals surface area contributed by atoms with Gasteiger partial charge >= 0.3 is 12.1 Å². The van der Waals surface area contributed by atoms with E-state index in [1.165, 1.54) is 4.40 Å². The normalized spacial score (nSPS) is 16.7. The van der Waals surface area contributed by atoms with Gasteiger partial charge in [0, 0.05) is 18.2 Å². The van der Waals surface area contributed by atoms with E-state index in [-0.39, 0.29) is 23.3 Å². The highest BCUT2D eigenvalue weighted by Gasteiger charge is 2.60. The van der Waals surface area contributed by atoms with Gasteiger partial charge in [-0.15, -0.1) is 0 Å². The minimum absolute atomic E-state index is 0.0403. The summed E-state index contributed by atoms with van der Waals surface area (Å²) in [4.78, 5) is 7.79. The monoisotopic (exact) mass is 319 g/mol. The summed E-state index contributed by atoms with van der Waals surface area (Å²) in [5, 5.41) is 0. The van der Waals surface area contributed by atoms with E-state index in [1.54, 1.807) is 6.20 Å². The Morgan fingerprint density at radius 3 is 2.27 bits per heavy atom. The first-order chi connectivity index (χ1) is 10.1. The summed E-state index contributed by atoms with van der Waals surface area (Å²) in [6.45, 7) is 3.74. The first-order valence-electron chi connectivity index (χ1n) is 6.96. The van der Waals surface area contributed by atoms with Gasteiger partial charge in [-0.3, -0.25) is 4.40 Å². The first-order valence-corrected chi connectivity index (χ1v) is 6.96. The zero-order valence-electron chi connectivity index (χ0n) is 12.0. The second kappa shape index (κ2) is 4.63. The molecule has 0 aliphatic heterocycles. The highest BCUT2D eigenvalue weighted by atomic mass is 19.4. The van der Waals surface area contributed by atoms with Crippen molar-refractivity contribution in [2.24, 2.45) is 0 Å². The Labute approximate surface area is 123 Å². The number of imidazole rings is 1. The molecule has 2 aromatic heterocycles. The van der Waals surface area contributed by atoms with Crippen LogP contribution in [-0.2, 0) is 5.92 Å². The summed E-state index contributed by atoms with van der Waals surface area (Å²) in [6, 6.07) is 0.727. The summed E-state index contributed by atoms with van der Waals surface area (Å²) in [7, 11) is 0. The smallest absolute Gasteiger partial charge is 0.287 e. The standard InChI is InChI=1S/C14H14F5N3/c1-7(2)9-6-22-11(20-9)5-10(13(15,16)14(17,18)19)21-12(22)8-3-4-8/h5-8H,3-4H2,1-2H3. The van der Waals surface area contributed by atoms with E-state index in [2.05, 4.69) is 9.97 Å². The molecule has 3 rings (SSSR count). The zero-order valence-corrected chi connectivity index (χ0v) is 12.0. The minimum atomic E-state index is -5.67. The second-order valence-electron chi connectivity index (χ2n) is 5.89. The van der Waals surface area contributed by atoms with Gasteiger partial charge in [-0.1, -0.05) is 13.8 Å². The summed E-state index contributed by atoms with van der Waals surface area (Å²) in [6.07, 6.45) is -2.54. The molecule has 0 N–H and O–H groups in total. The van der Waals surface area contributed by atoms with Crippen LogP contribution in [-0.4, -0.2) is 20.5 Å². The largest absolute Gasteiger partial charge is 0.459 e. The molecule has 2 heterocycles. The minimum Gasteiger partial charge on any atom is -0.287 e. The van der Waals surface area contributed by atoms with Crippen LogP contribution < -0.4 is 0 Å². The molecule has 1 saturated carbocycles. The van der Waals surface area contributed by atoms with E-state index in [0.29, 0.717) is 5.69 Å². The Kier molecular flexibility index (Phi) is 3.19. The van der Waals surface area contributed by atoms with Crippen molar-refractivity contribution in [2.75, 3.05) is 0 Å². The van der Waals surface area contributed by atoms with Crippen molar-refractivity contribution < 1.29 is 22.0 Å². The number of aromatic nitrogens is 3. The molecule has 0 radical (unpaired) electrons. The SMILES string of the molecule is CC(C)c1cn2c(C3CC3)nc(C(F)(F)C(F)(F)F)cc2n1. The van der Waals surface area contributed by atoms with Crippen LogP contribution >= 0.6 is 0 Å². The summed E-state index contributed by atoms with van der Waals surface area (Å²) >= 11 is 0. The third-order valence-electron chi connectivity index (χ3n) is 3.71. The molecule has 2 aromatic rings. The van der Waals surface area contributed by atoms with E-state index in [4.69, 9.17) is 0 Å². The molecule has 0 aromatic carbocycles. The van der Waals surface area contributed by atoms with Crippen molar-refractivity contribution in [3.8, 4) is 0 Å².